The summed E-state index contributed by atoms with van der Waals surface area (Å²) in [6, 6.07) is 4.02. The summed E-state index contributed by atoms with van der Waals surface area (Å²) >= 11 is 0. The van der Waals surface area contributed by atoms with E-state index in [2.05, 4.69) is 25.8 Å². The average Bonchev–Trinajstić information content (AvgIpc) is 2.15. The van der Waals surface area contributed by atoms with Crippen molar-refractivity contribution >= 4 is 0 Å². The summed E-state index contributed by atoms with van der Waals surface area (Å²) in [5.41, 5.74) is 1.27. The summed E-state index contributed by atoms with van der Waals surface area (Å²) in [5.74, 6) is 1.29. The van der Waals surface area contributed by atoms with Crippen molar-refractivity contribution in [3.8, 4) is 5.88 Å². The largest absolute Gasteiger partial charge is 0.477 e. The van der Waals surface area contributed by atoms with E-state index in [9.17, 15) is 0 Å². The quantitative estimate of drug-likeness (QED) is 0.709. The number of hydrogen-bond acceptors (Lipinski definition) is 2. The summed E-state index contributed by atoms with van der Waals surface area (Å²) in [6.45, 7) is 7.12. The highest BCUT2D eigenvalue weighted by Crippen LogP contribution is 2.10. The van der Waals surface area contributed by atoms with Crippen LogP contribution < -0.4 is 4.74 Å². The number of nitrogens with zero attached hydrogens (tertiary/aromatic N) is 1. The Morgan fingerprint density at radius 3 is 2.85 bits per heavy atom. The Hall–Kier alpha value is -1.05. The number of hydrogen-bond donors (Lipinski definition) is 0. The van der Waals surface area contributed by atoms with E-state index in [0.29, 0.717) is 5.92 Å². The second-order valence-corrected chi connectivity index (χ2v) is 3.56. The van der Waals surface area contributed by atoms with Gasteiger partial charge < -0.3 is 4.74 Å². The lowest BCUT2D eigenvalue weighted by atomic mass is 10.2. The first kappa shape index (κ1) is 10.0. The number of ether oxygens (including phenoxy) is 1. The zero-order valence-corrected chi connectivity index (χ0v) is 8.58. The molecule has 0 aromatic carbocycles. The molecule has 0 unspecified atom stereocenters. The molecule has 0 bridgehead atoms. The minimum absolute atomic E-state index is 0.548. The Morgan fingerprint density at radius 2 is 2.23 bits per heavy atom. The van der Waals surface area contributed by atoms with Gasteiger partial charge in [0.05, 0.1) is 6.61 Å². The van der Waals surface area contributed by atoms with Crippen molar-refractivity contribution in [1.82, 2.24) is 4.98 Å². The zero-order chi connectivity index (χ0) is 9.68. The van der Waals surface area contributed by atoms with E-state index in [1.54, 1.807) is 6.20 Å². The molecule has 0 saturated carbocycles. The molecule has 2 nitrogen and oxygen atoms in total. The van der Waals surface area contributed by atoms with Gasteiger partial charge in [0.15, 0.2) is 0 Å². The van der Waals surface area contributed by atoms with Gasteiger partial charge in [0.2, 0.25) is 5.88 Å². The van der Waals surface area contributed by atoms with Crippen molar-refractivity contribution in [3.05, 3.63) is 23.9 Å². The molecule has 0 atom stereocenters. The summed E-state index contributed by atoms with van der Waals surface area (Å²) in [7, 11) is 0. The molecule has 0 aliphatic rings. The van der Waals surface area contributed by atoms with E-state index in [-0.39, 0.29) is 0 Å². The number of pyridine rings is 1. The van der Waals surface area contributed by atoms with E-state index in [1.165, 1.54) is 5.56 Å². The molecule has 0 saturated heterocycles. The van der Waals surface area contributed by atoms with Crippen molar-refractivity contribution in [2.24, 2.45) is 5.92 Å². The highest BCUT2D eigenvalue weighted by Gasteiger charge is 1.98. The normalized spacial score (nSPS) is 10.5. The molecule has 1 heterocycles. The maximum Gasteiger partial charge on any atom is 0.213 e. The van der Waals surface area contributed by atoms with Gasteiger partial charge in [0.1, 0.15) is 0 Å². The van der Waals surface area contributed by atoms with Gasteiger partial charge in [-0.2, -0.15) is 0 Å². The molecule has 0 spiro atoms. The van der Waals surface area contributed by atoms with Gasteiger partial charge in [0, 0.05) is 12.3 Å². The van der Waals surface area contributed by atoms with Crippen LogP contribution in [0.3, 0.4) is 0 Å². The molecule has 0 N–H and O–H groups in total. The van der Waals surface area contributed by atoms with Crippen LogP contribution in [0.4, 0.5) is 0 Å². The molecule has 72 valence electrons. The molecule has 1 aromatic heterocycles. The van der Waals surface area contributed by atoms with Crippen LogP contribution in [0.25, 0.3) is 0 Å². The summed E-state index contributed by atoms with van der Waals surface area (Å²) in [6.07, 6.45) is 2.83. The Morgan fingerprint density at radius 1 is 1.46 bits per heavy atom. The van der Waals surface area contributed by atoms with Crippen LogP contribution in [-0.2, 0) is 6.42 Å². The lowest BCUT2D eigenvalue weighted by Crippen LogP contribution is -2.05. The van der Waals surface area contributed by atoms with E-state index < -0.39 is 0 Å². The molecule has 0 aliphatic carbocycles. The molecule has 2 heteroatoms. The summed E-state index contributed by atoms with van der Waals surface area (Å²) in [5, 5.41) is 0. The van der Waals surface area contributed by atoms with E-state index in [0.717, 1.165) is 18.9 Å². The molecule has 0 radical (unpaired) electrons. The van der Waals surface area contributed by atoms with Gasteiger partial charge in [-0.1, -0.05) is 20.8 Å². The monoisotopic (exact) mass is 179 g/mol. The van der Waals surface area contributed by atoms with Gasteiger partial charge in [0.25, 0.3) is 0 Å². The fourth-order valence-corrected chi connectivity index (χ4v) is 1.00. The van der Waals surface area contributed by atoms with Gasteiger partial charge in [-0.25, -0.2) is 4.98 Å². The second-order valence-electron chi connectivity index (χ2n) is 3.56. The van der Waals surface area contributed by atoms with Crippen LogP contribution in [0, 0.1) is 5.92 Å². The third kappa shape index (κ3) is 3.45. The first-order valence-corrected chi connectivity index (χ1v) is 4.80. The van der Waals surface area contributed by atoms with Crippen molar-refractivity contribution in [2.45, 2.75) is 27.2 Å². The fourth-order valence-electron chi connectivity index (χ4n) is 1.00. The molecule has 0 aliphatic heterocycles. The smallest absolute Gasteiger partial charge is 0.213 e. The average molecular weight is 179 g/mol. The second kappa shape index (κ2) is 4.85. The minimum Gasteiger partial charge on any atom is -0.477 e. The van der Waals surface area contributed by atoms with Gasteiger partial charge >= 0.3 is 0 Å². The molecule has 1 rings (SSSR count). The van der Waals surface area contributed by atoms with Crippen LogP contribution in [0.2, 0.25) is 0 Å². The van der Waals surface area contributed by atoms with Gasteiger partial charge in [-0.3, -0.25) is 0 Å². The number of aromatic nitrogens is 1. The molecule has 1 aromatic rings. The standard InChI is InChI=1S/C11H17NO/c1-4-10-5-6-12-11(7-10)13-8-9(2)3/h5-7,9H,4,8H2,1-3H3. The van der Waals surface area contributed by atoms with Crippen molar-refractivity contribution < 1.29 is 4.74 Å². The van der Waals surface area contributed by atoms with E-state index >= 15 is 0 Å². The third-order valence-corrected chi connectivity index (χ3v) is 1.77. The predicted octanol–water partition coefficient (Wildman–Crippen LogP) is 2.68. The van der Waals surface area contributed by atoms with Gasteiger partial charge in [-0.15, -0.1) is 0 Å². The maximum absolute atomic E-state index is 5.50. The Balaban J connectivity index is 2.56. The first-order valence-electron chi connectivity index (χ1n) is 4.80. The van der Waals surface area contributed by atoms with Crippen LogP contribution in [0.5, 0.6) is 5.88 Å². The minimum atomic E-state index is 0.548. The van der Waals surface area contributed by atoms with Crippen molar-refractivity contribution in [3.63, 3.8) is 0 Å². The van der Waals surface area contributed by atoms with Gasteiger partial charge in [-0.05, 0) is 24.0 Å². The Kier molecular flexibility index (Phi) is 3.74. The Labute approximate surface area is 80.0 Å². The molecule has 0 fully saturated rings. The lowest BCUT2D eigenvalue weighted by Gasteiger charge is -2.07. The predicted molar refractivity (Wildman–Crippen MR) is 53.9 cm³/mol. The summed E-state index contributed by atoms with van der Waals surface area (Å²) in [4.78, 5) is 4.14. The topological polar surface area (TPSA) is 22.1 Å². The zero-order valence-electron chi connectivity index (χ0n) is 8.58. The highest BCUT2D eigenvalue weighted by atomic mass is 16.5. The van der Waals surface area contributed by atoms with Crippen molar-refractivity contribution in [1.29, 1.82) is 0 Å². The highest BCUT2D eigenvalue weighted by molar-refractivity contribution is 5.20. The first-order chi connectivity index (χ1) is 6.22. The molecular weight excluding hydrogens is 162 g/mol. The van der Waals surface area contributed by atoms with Crippen LogP contribution in [0.1, 0.15) is 26.3 Å². The molecule has 13 heavy (non-hydrogen) atoms. The summed E-state index contributed by atoms with van der Waals surface area (Å²) < 4.78 is 5.50. The van der Waals surface area contributed by atoms with Crippen LogP contribution in [0.15, 0.2) is 18.3 Å². The van der Waals surface area contributed by atoms with Crippen LogP contribution in [-0.4, -0.2) is 11.6 Å². The van der Waals surface area contributed by atoms with E-state index in [4.69, 9.17) is 4.74 Å². The molecule has 0 amide bonds. The lowest BCUT2D eigenvalue weighted by molar-refractivity contribution is 0.261. The SMILES string of the molecule is CCc1ccnc(OCC(C)C)c1. The van der Waals surface area contributed by atoms with Crippen LogP contribution >= 0.6 is 0 Å². The maximum atomic E-state index is 5.50. The third-order valence-electron chi connectivity index (χ3n) is 1.77. The fraction of sp³-hybridized carbons (Fsp3) is 0.545. The Bertz CT molecular complexity index is 258. The van der Waals surface area contributed by atoms with Crippen molar-refractivity contribution in [2.75, 3.05) is 6.61 Å². The number of rotatable bonds is 4. The van der Waals surface area contributed by atoms with E-state index in [1.807, 2.05) is 12.1 Å². The number of aryl methyl sites for hydroxylation is 1. The molecular formula is C11H17NO.